The average molecular weight is 287 g/mol. The van der Waals surface area contributed by atoms with Crippen molar-refractivity contribution in [3.05, 3.63) is 58.7 Å². The minimum absolute atomic E-state index is 0.0145. The second-order valence-corrected chi connectivity index (χ2v) is 4.43. The third-order valence-corrected chi connectivity index (χ3v) is 2.99. The number of carbonyl (C=O) groups excluding carboxylic acids is 1. The molecule has 106 valence electrons. The first-order valence-electron chi connectivity index (χ1n) is 5.99. The standard InChI is InChI=1S/C15H11F2N3O/c1-8-11(16)5-10(6-13(8)19)15(21)20-14-3-2-9(7-18)4-12(14)17/h2-6H,19H2,1H3,(H,20,21). The molecule has 0 spiro atoms. The van der Waals surface area contributed by atoms with Crippen molar-refractivity contribution in [2.45, 2.75) is 6.92 Å². The quantitative estimate of drug-likeness (QED) is 0.833. The van der Waals surface area contributed by atoms with Crippen LogP contribution >= 0.6 is 0 Å². The molecule has 0 radical (unpaired) electrons. The highest BCUT2D eigenvalue weighted by molar-refractivity contribution is 6.05. The fourth-order valence-electron chi connectivity index (χ4n) is 1.71. The largest absolute Gasteiger partial charge is 0.398 e. The Balaban J connectivity index is 2.28. The summed E-state index contributed by atoms with van der Waals surface area (Å²) in [5, 5.41) is 10.9. The maximum absolute atomic E-state index is 13.7. The van der Waals surface area contributed by atoms with Gasteiger partial charge in [-0.2, -0.15) is 5.26 Å². The molecule has 1 amide bonds. The zero-order chi connectivity index (χ0) is 15.6. The van der Waals surface area contributed by atoms with E-state index in [-0.39, 0.29) is 28.1 Å². The lowest BCUT2D eigenvalue weighted by Gasteiger charge is -2.09. The van der Waals surface area contributed by atoms with Gasteiger partial charge in [-0.3, -0.25) is 4.79 Å². The zero-order valence-electron chi connectivity index (χ0n) is 11.1. The summed E-state index contributed by atoms with van der Waals surface area (Å²) in [5.41, 5.74) is 6.00. The SMILES string of the molecule is Cc1c(N)cc(C(=O)Nc2ccc(C#N)cc2F)cc1F. The molecular formula is C15H11F2N3O. The van der Waals surface area contributed by atoms with Gasteiger partial charge in [0.25, 0.3) is 5.91 Å². The fourth-order valence-corrected chi connectivity index (χ4v) is 1.71. The predicted octanol–water partition coefficient (Wildman–Crippen LogP) is 2.98. The number of benzene rings is 2. The van der Waals surface area contributed by atoms with Crippen molar-refractivity contribution in [2.75, 3.05) is 11.1 Å². The van der Waals surface area contributed by atoms with Gasteiger partial charge in [0.1, 0.15) is 11.6 Å². The van der Waals surface area contributed by atoms with Crippen LogP contribution in [0.1, 0.15) is 21.5 Å². The molecule has 0 bridgehead atoms. The van der Waals surface area contributed by atoms with Gasteiger partial charge >= 0.3 is 0 Å². The van der Waals surface area contributed by atoms with Crippen LogP contribution in [-0.4, -0.2) is 5.91 Å². The molecule has 3 N–H and O–H groups in total. The van der Waals surface area contributed by atoms with Crippen molar-refractivity contribution >= 4 is 17.3 Å². The van der Waals surface area contributed by atoms with Gasteiger partial charge in [-0.15, -0.1) is 0 Å². The van der Waals surface area contributed by atoms with Crippen LogP contribution < -0.4 is 11.1 Å². The molecule has 0 aliphatic rings. The molecule has 0 heterocycles. The predicted molar refractivity (Wildman–Crippen MR) is 74.6 cm³/mol. The lowest BCUT2D eigenvalue weighted by Crippen LogP contribution is -2.14. The second kappa shape index (κ2) is 5.59. The number of halogens is 2. The molecule has 2 aromatic carbocycles. The Morgan fingerprint density at radius 1 is 1.24 bits per heavy atom. The van der Waals surface area contributed by atoms with E-state index < -0.39 is 17.5 Å². The summed E-state index contributed by atoms with van der Waals surface area (Å²) in [6.45, 7) is 1.49. The van der Waals surface area contributed by atoms with E-state index in [0.717, 1.165) is 12.1 Å². The normalized spacial score (nSPS) is 10.0. The van der Waals surface area contributed by atoms with E-state index in [1.54, 1.807) is 6.07 Å². The maximum atomic E-state index is 13.7. The summed E-state index contributed by atoms with van der Waals surface area (Å²) in [7, 11) is 0. The first-order chi connectivity index (χ1) is 9.92. The number of nitrogens with two attached hydrogens (primary N) is 1. The van der Waals surface area contributed by atoms with E-state index >= 15 is 0 Å². The second-order valence-electron chi connectivity index (χ2n) is 4.43. The smallest absolute Gasteiger partial charge is 0.255 e. The lowest BCUT2D eigenvalue weighted by atomic mass is 10.1. The fraction of sp³-hybridized carbons (Fsp3) is 0.0667. The van der Waals surface area contributed by atoms with Crippen LogP contribution in [0, 0.1) is 29.9 Å². The molecule has 0 atom stereocenters. The highest BCUT2D eigenvalue weighted by atomic mass is 19.1. The number of rotatable bonds is 2. The molecule has 2 aromatic rings. The Kier molecular flexibility index (Phi) is 3.85. The highest BCUT2D eigenvalue weighted by Crippen LogP contribution is 2.20. The monoisotopic (exact) mass is 287 g/mol. The van der Waals surface area contributed by atoms with Gasteiger partial charge in [-0.05, 0) is 37.3 Å². The lowest BCUT2D eigenvalue weighted by molar-refractivity contribution is 0.102. The van der Waals surface area contributed by atoms with Crippen LogP contribution in [0.5, 0.6) is 0 Å². The first-order valence-corrected chi connectivity index (χ1v) is 5.99. The minimum atomic E-state index is -0.747. The summed E-state index contributed by atoms with van der Waals surface area (Å²) in [4.78, 5) is 12.0. The van der Waals surface area contributed by atoms with Crippen LogP contribution in [0.2, 0.25) is 0 Å². The molecule has 6 heteroatoms. The number of anilines is 2. The molecular weight excluding hydrogens is 276 g/mol. The van der Waals surface area contributed by atoms with E-state index in [4.69, 9.17) is 11.0 Å². The molecule has 0 unspecified atom stereocenters. The summed E-state index contributed by atoms with van der Waals surface area (Å²) in [5.74, 6) is -2.05. The number of nitrogens with one attached hydrogen (secondary N) is 1. The van der Waals surface area contributed by atoms with E-state index in [0.29, 0.717) is 0 Å². The molecule has 0 saturated carbocycles. The Morgan fingerprint density at radius 3 is 2.52 bits per heavy atom. The minimum Gasteiger partial charge on any atom is -0.398 e. The van der Waals surface area contributed by atoms with Crippen molar-refractivity contribution < 1.29 is 13.6 Å². The Hall–Kier alpha value is -2.94. The van der Waals surface area contributed by atoms with Crippen molar-refractivity contribution in [3.63, 3.8) is 0 Å². The van der Waals surface area contributed by atoms with E-state index in [9.17, 15) is 13.6 Å². The number of nitriles is 1. The van der Waals surface area contributed by atoms with Gasteiger partial charge in [0.2, 0.25) is 0 Å². The van der Waals surface area contributed by atoms with E-state index in [1.807, 2.05) is 0 Å². The van der Waals surface area contributed by atoms with Gasteiger partial charge in [0, 0.05) is 16.8 Å². The number of carbonyl (C=O) groups is 1. The van der Waals surface area contributed by atoms with Crippen LogP contribution in [0.15, 0.2) is 30.3 Å². The molecule has 0 aromatic heterocycles. The molecule has 4 nitrogen and oxygen atoms in total. The molecule has 0 saturated heterocycles. The molecule has 0 fully saturated rings. The van der Waals surface area contributed by atoms with Crippen molar-refractivity contribution in [1.82, 2.24) is 0 Å². The Bertz CT molecular complexity index is 743. The van der Waals surface area contributed by atoms with Crippen LogP contribution in [0.25, 0.3) is 0 Å². The van der Waals surface area contributed by atoms with Gasteiger partial charge < -0.3 is 11.1 Å². The van der Waals surface area contributed by atoms with E-state index in [1.165, 1.54) is 25.1 Å². The van der Waals surface area contributed by atoms with Crippen LogP contribution in [-0.2, 0) is 0 Å². The van der Waals surface area contributed by atoms with Gasteiger partial charge in [-0.1, -0.05) is 0 Å². The first kappa shape index (κ1) is 14.5. The average Bonchev–Trinajstić information content (AvgIpc) is 2.46. The number of hydrogen-bond acceptors (Lipinski definition) is 3. The van der Waals surface area contributed by atoms with Gasteiger partial charge in [-0.25, -0.2) is 8.78 Å². The molecule has 0 aliphatic heterocycles. The third kappa shape index (κ3) is 2.98. The van der Waals surface area contributed by atoms with E-state index in [2.05, 4.69) is 5.32 Å². The van der Waals surface area contributed by atoms with Crippen molar-refractivity contribution in [2.24, 2.45) is 0 Å². The van der Waals surface area contributed by atoms with Crippen molar-refractivity contribution in [3.8, 4) is 6.07 Å². The number of nitrogens with zero attached hydrogens (tertiary/aromatic N) is 1. The zero-order valence-corrected chi connectivity index (χ0v) is 11.1. The number of hydrogen-bond donors (Lipinski definition) is 2. The number of nitrogen functional groups attached to an aromatic ring is 1. The topological polar surface area (TPSA) is 78.9 Å². The van der Waals surface area contributed by atoms with Crippen LogP contribution in [0.3, 0.4) is 0 Å². The summed E-state index contributed by atoms with van der Waals surface area (Å²) in [6, 6.07) is 7.75. The third-order valence-electron chi connectivity index (χ3n) is 2.99. The molecule has 21 heavy (non-hydrogen) atoms. The summed E-state index contributed by atoms with van der Waals surface area (Å²) in [6.07, 6.45) is 0. The van der Waals surface area contributed by atoms with Crippen LogP contribution in [0.4, 0.5) is 20.2 Å². The number of amides is 1. The highest BCUT2D eigenvalue weighted by Gasteiger charge is 2.13. The van der Waals surface area contributed by atoms with Crippen molar-refractivity contribution in [1.29, 1.82) is 5.26 Å². The van der Waals surface area contributed by atoms with Gasteiger partial charge in [0.05, 0.1) is 17.3 Å². The Labute approximate surface area is 119 Å². The summed E-state index contributed by atoms with van der Waals surface area (Å²) < 4.78 is 27.2. The Morgan fingerprint density at radius 2 is 1.95 bits per heavy atom. The summed E-state index contributed by atoms with van der Waals surface area (Å²) >= 11 is 0. The molecule has 2 rings (SSSR count). The molecule has 0 aliphatic carbocycles. The van der Waals surface area contributed by atoms with Gasteiger partial charge in [0.15, 0.2) is 0 Å². The maximum Gasteiger partial charge on any atom is 0.255 e.